The van der Waals surface area contributed by atoms with Gasteiger partial charge in [-0.2, -0.15) is 0 Å². The maximum Gasteiger partial charge on any atom is 0.376 e. The number of anilines is 1. The summed E-state index contributed by atoms with van der Waals surface area (Å²) >= 11 is 0. The van der Waals surface area contributed by atoms with Gasteiger partial charge >= 0.3 is 7.05 Å². The lowest BCUT2D eigenvalue weighted by molar-refractivity contribution is 0.298. The molecule has 2 N–H and O–H groups in total. The molecule has 1 aromatic rings. The van der Waals surface area contributed by atoms with Gasteiger partial charge in [-0.25, -0.2) is 0 Å². The van der Waals surface area contributed by atoms with Crippen LogP contribution in [0, 0.1) is 6.92 Å². The average molecular weight is 232 g/mol. The molecular formula is C13H21BN2O. The lowest BCUT2D eigenvalue weighted by Crippen LogP contribution is -2.45. The van der Waals surface area contributed by atoms with Crippen LogP contribution in [-0.4, -0.2) is 36.0 Å². The number of benzene rings is 1. The average Bonchev–Trinajstić information content (AvgIpc) is 2.33. The smallest absolute Gasteiger partial charge is 0.376 e. The van der Waals surface area contributed by atoms with E-state index in [0.717, 1.165) is 25.9 Å². The first kappa shape index (κ1) is 12.5. The largest absolute Gasteiger partial charge is 0.437 e. The zero-order chi connectivity index (χ0) is 12.3. The zero-order valence-electron chi connectivity index (χ0n) is 10.7. The molecule has 1 saturated heterocycles. The van der Waals surface area contributed by atoms with Gasteiger partial charge in [0.15, 0.2) is 0 Å². The SMILES string of the molecule is CB(O)N1CCC(Nc2ccc(C)cc2)CC1. The topological polar surface area (TPSA) is 35.5 Å². The highest BCUT2D eigenvalue weighted by atomic mass is 16.2. The summed E-state index contributed by atoms with van der Waals surface area (Å²) in [6.07, 6.45) is 2.19. The zero-order valence-corrected chi connectivity index (χ0v) is 10.7. The molecule has 0 aliphatic carbocycles. The fourth-order valence-corrected chi connectivity index (χ4v) is 2.30. The fraction of sp³-hybridized carbons (Fsp3) is 0.538. The monoisotopic (exact) mass is 232 g/mol. The Morgan fingerprint density at radius 3 is 2.35 bits per heavy atom. The van der Waals surface area contributed by atoms with Gasteiger partial charge in [0.05, 0.1) is 0 Å². The van der Waals surface area contributed by atoms with Gasteiger partial charge in [-0.3, -0.25) is 0 Å². The summed E-state index contributed by atoms with van der Waals surface area (Å²) in [7, 11) is -0.310. The van der Waals surface area contributed by atoms with E-state index in [1.54, 1.807) is 0 Å². The van der Waals surface area contributed by atoms with Crippen molar-refractivity contribution < 1.29 is 5.02 Å². The molecule has 0 atom stereocenters. The van der Waals surface area contributed by atoms with E-state index in [-0.39, 0.29) is 7.05 Å². The summed E-state index contributed by atoms with van der Waals surface area (Å²) in [6.45, 7) is 5.89. The van der Waals surface area contributed by atoms with E-state index >= 15 is 0 Å². The van der Waals surface area contributed by atoms with E-state index in [0.29, 0.717) is 6.04 Å². The van der Waals surface area contributed by atoms with Crippen molar-refractivity contribution in [3.8, 4) is 0 Å². The van der Waals surface area contributed by atoms with Gasteiger partial charge < -0.3 is 15.2 Å². The van der Waals surface area contributed by atoms with Crippen LogP contribution in [0.25, 0.3) is 0 Å². The standard InChI is InChI=1S/C13H21BN2O/c1-11-3-5-12(6-4-11)15-13-7-9-16(10-8-13)14(2)17/h3-6,13,15,17H,7-10H2,1-2H3. The van der Waals surface area contributed by atoms with Crippen LogP contribution in [0.15, 0.2) is 24.3 Å². The first-order chi connectivity index (χ1) is 8.15. The van der Waals surface area contributed by atoms with Crippen molar-refractivity contribution in [3.05, 3.63) is 29.8 Å². The molecule has 0 amide bonds. The first-order valence-electron chi connectivity index (χ1n) is 6.40. The highest BCUT2D eigenvalue weighted by molar-refractivity contribution is 6.45. The predicted octanol–water partition coefficient (Wildman–Crippen LogP) is 1.98. The van der Waals surface area contributed by atoms with E-state index in [2.05, 4.69) is 41.3 Å². The summed E-state index contributed by atoms with van der Waals surface area (Å²) in [5.41, 5.74) is 2.49. The Morgan fingerprint density at radius 1 is 1.24 bits per heavy atom. The Balaban J connectivity index is 1.84. The fourth-order valence-electron chi connectivity index (χ4n) is 2.30. The minimum atomic E-state index is -0.310. The van der Waals surface area contributed by atoms with Crippen LogP contribution in [0.2, 0.25) is 6.82 Å². The lowest BCUT2D eigenvalue weighted by Gasteiger charge is -2.33. The van der Waals surface area contributed by atoms with E-state index in [1.165, 1.54) is 11.3 Å². The van der Waals surface area contributed by atoms with Crippen LogP contribution >= 0.6 is 0 Å². The Labute approximate surface area is 104 Å². The summed E-state index contributed by atoms with van der Waals surface area (Å²) < 4.78 is 0. The van der Waals surface area contributed by atoms with Crippen LogP contribution in [0.1, 0.15) is 18.4 Å². The minimum absolute atomic E-state index is 0.310. The normalized spacial score (nSPS) is 18.1. The molecule has 92 valence electrons. The third kappa shape index (κ3) is 3.48. The molecule has 0 aromatic heterocycles. The van der Waals surface area contributed by atoms with Crippen molar-refractivity contribution in [2.45, 2.75) is 32.6 Å². The summed E-state index contributed by atoms with van der Waals surface area (Å²) in [4.78, 5) is 2.12. The number of nitrogens with one attached hydrogen (secondary N) is 1. The Hall–Kier alpha value is -0.995. The maximum atomic E-state index is 9.49. The highest BCUT2D eigenvalue weighted by Crippen LogP contribution is 2.17. The van der Waals surface area contributed by atoms with Crippen LogP contribution < -0.4 is 5.32 Å². The van der Waals surface area contributed by atoms with Crippen LogP contribution in [0.5, 0.6) is 0 Å². The minimum Gasteiger partial charge on any atom is -0.437 e. The second-order valence-corrected chi connectivity index (χ2v) is 4.95. The van der Waals surface area contributed by atoms with E-state index in [4.69, 9.17) is 0 Å². The number of rotatable bonds is 3. The van der Waals surface area contributed by atoms with Crippen molar-refractivity contribution in [1.82, 2.24) is 4.81 Å². The molecule has 1 heterocycles. The highest BCUT2D eigenvalue weighted by Gasteiger charge is 2.23. The van der Waals surface area contributed by atoms with Crippen molar-refractivity contribution in [3.63, 3.8) is 0 Å². The summed E-state index contributed by atoms with van der Waals surface area (Å²) in [6, 6.07) is 9.07. The first-order valence-corrected chi connectivity index (χ1v) is 6.40. The molecule has 0 spiro atoms. The van der Waals surface area contributed by atoms with Crippen LogP contribution in [0.3, 0.4) is 0 Å². The molecule has 2 rings (SSSR count). The molecule has 1 aliphatic heterocycles. The van der Waals surface area contributed by atoms with Gasteiger partial charge in [0.2, 0.25) is 0 Å². The van der Waals surface area contributed by atoms with Crippen LogP contribution in [0.4, 0.5) is 5.69 Å². The Morgan fingerprint density at radius 2 is 1.82 bits per heavy atom. The molecule has 4 heteroatoms. The number of hydrogen-bond acceptors (Lipinski definition) is 3. The molecule has 0 saturated carbocycles. The van der Waals surface area contributed by atoms with Crippen molar-refractivity contribution in [1.29, 1.82) is 0 Å². The molecular weight excluding hydrogens is 211 g/mol. The molecule has 1 aliphatic rings. The van der Waals surface area contributed by atoms with Gasteiger partial charge in [0, 0.05) is 11.7 Å². The summed E-state index contributed by atoms with van der Waals surface area (Å²) in [5, 5.41) is 13.0. The predicted molar refractivity (Wildman–Crippen MR) is 73.2 cm³/mol. The van der Waals surface area contributed by atoms with E-state index in [9.17, 15) is 5.02 Å². The van der Waals surface area contributed by atoms with E-state index < -0.39 is 0 Å². The lowest BCUT2D eigenvalue weighted by atomic mass is 9.82. The van der Waals surface area contributed by atoms with Crippen molar-refractivity contribution in [2.24, 2.45) is 0 Å². The number of piperidine rings is 1. The number of aryl methyl sites for hydroxylation is 1. The number of hydrogen-bond donors (Lipinski definition) is 2. The number of nitrogens with zero attached hydrogens (tertiary/aromatic N) is 1. The van der Waals surface area contributed by atoms with Gasteiger partial charge in [0.1, 0.15) is 0 Å². The third-order valence-corrected chi connectivity index (χ3v) is 3.48. The molecule has 1 fully saturated rings. The molecule has 0 radical (unpaired) electrons. The van der Waals surface area contributed by atoms with Crippen molar-refractivity contribution >= 4 is 12.7 Å². The second-order valence-electron chi connectivity index (χ2n) is 4.95. The summed E-state index contributed by atoms with van der Waals surface area (Å²) in [5.74, 6) is 0. The molecule has 0 unspecified atom stereocenters. The van der Waals surface area contributed by atoms with Gasteiger partial charge in [0.25, 0.3) is 0 Å². The molecule has 3 nitrogen and oxygen atoms in total. The Bertz CT molecular complexity index is 345. The Kier molecular flexibility index (Phi) is 4.08. The van der Waals surface area contributed by atoms with Crippen LogP contribution in [-0.2, 0) is 0 Å². The third-order valence-electron chi connectivity index (χ3n) is 3.48. The maximum absolute atomic E-state index is 9.49. The van der Waals surface area contributed by atoms with Gasteiger partial charge in [-0.15, -0.1) is 0 Å². The molecule has 1 aromatic carbocycles. The quantitative estimate of drug-likeness (QED) is 0.782. The van der Waals surface area contributed by atoms with Crippen molar-refractivity contribution in [2.75, 3.05) is 18.4 Å². The van der Waals surface area contributed by atoms with Gasteiger partial charge in [-0.05, 0) is 51.8 Å². The van der Waals surface area contributed by atoms with E-state index in [1.807, 2.05) is 6.82 Å². The second kappa shape index (κ2) is 5.56. The molecule has 17 heavy (non-hydrogen) atoms. The molecule has 0 bridgehead atoms. The van der Waals surface area contributed by atoms with Gasteiger partial charge in [-0.1, -0.05) is 17.7 Å².